The normalized spacial score (nSPS) is 16.1. The molecule has 0 saturated heterocycles. The molecule has 1 aliphatic carbocycles. The molecule has 5 heteroatoms. The molecule has 1 amide bonds. The van der Waals surface area contributed by atoms with E-state index in [1.165, 1.54) is 26.4 Å². The minimum atomic E-state index is -0.287. The van der Waals surface area contributed by atoms with Crippen LogP contribution in [0.25, 0.3) is 0 Å². The molecule has 1 fully saturated rings. The van der Waals surface area contributed by atoms with Crippen LogP contribution in [0.2, 0.25) is 5.02 Å². The van der Waals surface area contributed by atoms with Gasteiger partial charge in [-0.3, -0.25) is 9.59 Å². The molecule has 1 aromatic rings. The smallest absolute Gasteiger partial charge is 0.307 e. The average Bonchev–Trinajstić information content (AvgIpc) is 2.55. The molecule has 0 radical (unpaired) electrons. The first-order chi connectivity index (χ1) is 11.6. The van der Waals surface area contributed by atoms with Crippen LogP contribution in [0.15, 0.2) is 24.3 Å². The van der Waals surface area contributed by atoms with Gasteiger partial charge in [-0.15, -0.1) is 0 Å². The summed E-state index contributed by atoms with van der Waals surface area (Å²) >= 11 is 6.03. The minimum absolute atomic E-state index is 0.0491. The summed E-state index contributed by atoms with van der Waals surface area (Å²) in [6, 6.07) is 7.20. The lowest BCUT2D eigenvalue weighted by molar-refractivity contribution is -0.140. The Morgan fingerprint density at radius 1 is 1.17 bits per heavy atom. The van der Waals surface area contributed by atoms with Crippen molar-refractivity contribution in [3.8, 4) is 0 Å². The number of hydrogen-bond acceptors (Lipinski definition) is 3. The summed E-state index contributed by atoms with van der Waals surface area (Å²) in [7, 11) is 1.38. The van der Waals surface area contributed by atoms with Crippen molar-refractivity contribution >= 4 is 23.5 Å². The fourth-order valence-corrected chi connectivity index (χ4v) is 3.49. The summed E-state index contributed by atoms with van der Waals surface area (Å²) in [6.07, 6.45) is 8.17. The summed E-state index contributed by atoms with van der Waals surface area (Å²) in [5.41, 5.74) is 0.578. The van der Waals surface area contributed by atoms with E-state index in [4.69, 9.17) is 16.3 Å². The Bertz CT molecular complexity index is 553. The fraction of sp³-hybridized carbons (Fsp3) is 0.579. The van der Waals surface area contributed by atoms with E-state index in [0.717, 1.165) is 25.7 Å². The van der Waals surface area contributed by atoms with Gasteiger partial charge >= 0.3 is 5.97 Å². The van der Waals surface area contributed by atoms with Gasteiger partial charge in [0.2, 0.25) is 0 Å². The lowest BCUT2D eigenvalue weighted by Gasteiger charge is -2.33. The molecule has 0 N–H and O–H groups in total. The van der Waals surface area contributed by atoms with Crippen LogP contribution in [-0.2, 0) is 9.53 Å². The van der Waals surface area contributed by atoms with Gasteiger partial charge < -0.3 is 9.64 Å². The summed E-state index contributed by atoms with van der Waals surface area (Å²) in [4.78, 5) is 26.4. The molecular weight excluding hydrogens is 326 g/mol. The predicted octanol–water partition coefficient (Wildman–Crippen LogP) is 4.46. The van der Waals surface area contributed by atoms with Crippen LogP contribution in [0, 0.1) is 0 Å². The van der Waals surface area contributed by atoms with Gasteiger partial charge in [-0.25, -0.2) is 0 Å². The van der Waals surface area contributed by atoms with Crippen molar-refractivity contribution in [2.45, 2.75) is 57.4 Å². The molecule has 0 heterocycles. The first-order valence-electron chi connectivity index (χ1n) is 8.75. The van der Waals surface area contributed by atoms with Gasteiger partial charge in [0, 0.05) is 23.2 Å². The van der Waals surface area contributed by atoms with E-state index in [-0.39, 0.29) is 24.3 Å². The molecular formula is C19H26ClNO3. The van der Waals surface area contributed by atoms with Crippen LogP contribution >= 0.6 is 11.6 Å². The number of hydrogen-bond donors (Lipinski definition) is 0. The van der Waals surface area contributed by atoms with E-state index in [1.54, 1.807) is 24.3 Å². The molecule has 24 heavy (non-hydrogen) atoms. The first-order valence-corrected chi connectivity index (χ1v) is 9.13. The summed E-state index contributed by atoms with van der Waals surface area (Å²) < 4.78 is 4.74. The summed E-state index contributed by atoms with van der Waals surface area (Å²) in [6.45, 7) is 0.392. The SMILES string of the molecule is COC(=O)CCN(C(=O)c1cccc(Cl)c1)C1CCCCCCC1. The van der Waals surface area contributed by atoms with Gasteiger partial charge in [0.1, 0.15) is 0 Å². The zero-order valence-corrected chi connectivity index (χ0v) is 15.1. The molecule has 0 unspecified atom stereocenters. The van der Waals surface area contributed by atoms with Gasteiger partial charge in [0.25, 0.3) is 5.91 Å². The third-order valence-electron chi connectivity index (χ3n) is 4.63. The number of amides is 1. The minimum Gasteiger partial charge on any atom is -0.469 e. The molecule has 0 bridgehead atoms. The highest BCUT2D eigenvalue weighted by molar-refractivity contribution is 6.30. The zero-order chi connectivity index (χ0) is 17.4. The lowest BCUT2D eigenvalue weighted by atomic mass is 9.95. The Balaban J connectivity index is 2.16. The van der Waals surface area contributed by atoms with Gasteiger partial charge in [-0.1, -0.05) is 49.8 Å². The number of benzene rings is 1. The van der Waals surface area contributed by atoms with Crippen LogP contribution in [0.1, 0.15) is 61.7 Å². The third-order valence-corrected chi connectivity index (χ3v) is 4.87. The molecule has 0 aliphatic heterocycles. The van der Waals surface area contributed by atoms with Crippen molar-refractivity contribution in [1.29, 1.82) is 0 Å². The number of ether oxygens (including phenoxy) is 1. The highest BCUT2D eigenvalue weighted by atomic mass is 35.5. The number of nitrogens with zero attached hydrogens (tertiary/aromatic N) is 1. The van der Waals surface area contributed by atoms with Crippen LogP contribution in [0.5, 0.6) is 0 Å². The van der Waals surface area contributed by atoms with E-state index in [0.29, 0.717) is 17.1 Å². The highest BCUT2D eigenvalue weighted by Crippen LogP contribution is 2.24. The Morgan fingerprint density at radius 2 is 1.83 bits per heavy atom. The van der Waals surface area contributed by atoms with Gasteiger partial charge in [-0.05, 0) is 31.0 Å². The summed E-state index contributed by atoms with van der Waals surface area (Å²) in [5.74, 6) is -0.336. The van der Waals surface area contributed by atoms with Crippen molar-refractivity contribution < 1.29 is 14.3 Å². The lowest BCUT2D eigenvalue weighted by Crippen LogP contribution is -2.42. The van der Waals surface area contributed by atoms with Crippen LogP contribution in [-0.4, -0.2) is 36.5 Å². The maximum atomic E-state index is 13.0. The predicted molar refractivity (Wildman–Crippen MR) is 95.2 cm³/mol. The standard InChI is InChI=1S/C19H26ClNO3/c1-24-18(22)12-13-21(17-10-5-3-2-4-6-11-17)19(23)15-8-7-9-16(20)14-15/h7-9,14,17H,2-6,10-13H2,1H3. The number of methoxy groups -OCH3 is 1. The Labute approximate surface area is 149 Å². The second-order valence-electron chi connectivity index (χ2n) is 6.33. The molecule has 1 aliphatic rings. The molecule has 132 valence electrons. The van der Waals surface area contributed by atoms with Crippen molar-refractivity contribution in [3.63, 3.8) is 0 Å². The number of rotatable bonds is 5. The molecule has 1 saturated carbocycles. The molecule has 0 aromatic heterocycles. The van der Waals surface area contributed by atoms with Crippen LogP contribution in [0.3, 0.4) is 0 Å². The zero-order valence-electron chi connectivity index (χ0n) is 14.3. The van der Waals surface area contributed by atoms with E-state index in [1.807, 2.05) is 4.90 Å². The van der Waals surface area contributed by atoms with Crippen LogP contribution < -0.4 is 0 Å². The molecule has 1 aromatic carbocycles. The van der Waals surface area contributed by atoms with E-state index < -0.39 is 0 Å². The maximum absolute atomic E-state index is 13.0. The Kier molecular flexibility index (Phi) is 7.57. The number of halogens is 1. The second kappa shape index (κ2) is 9.67. The Hall–Kier alpha value is -1.55. The molecule has 0 spiro atoms. The number of esters is 1. The Morgan fingerprint density at radius 3 is 2.46 bits per heavy atom. The van der Waals surface area contributed by atoms with E-state index >= 15 is 0 Å². The van der Waals surface area contributed by atoms with Crippen molar-refractivity contribution in [2.24, 2.45) is 0 Å². The quantitative estimate of drug-likeness (QED) is 0.736. The van der Waals surface area contributed by atoms with Gasteiger partial charge in [0.15, 0.2) is 0 Å². The van der Waals surface area contributed by atoms with E-state index in [9.17, 15) is 9.59 Å². The monoisotopic (exact) mass is 351 g/mol. The fourth-order valence-electron chi connectivity index (χ4n) is 3.30. The molecule has 0 atom stereocenters. The van der Waals surface area contributed by atoms with Crippen molar-refractivity contribution in [3.05, 3.63) is 34.9 Å². The molecule has 4 nitrogen and oxygen atoms in total. The summed E-state index contributed by atoms with van der Waals surface area (Å²) in [5, 5.41) is 0.548. The molecule has 2 rings (SSSR count). The van der Waals surface area contributed by atoms with E-state index in [2.05, 4.69) is 0 Å². The van der Waals surface area contributed by atoms with Crippen molar-refractivity contribution in [1.82, 2.24) is 4.90 Å². The van der Waals surface area contributed by atoms with Gasteiger partial charge in [-0.2, -0.15) is 0 Å². The van der Waals surface area contributed by atoms with Crippen molar-refractivity contribution in [2.75, 3.05) is 13.7 Å². The highest BCUT2D eigenvalue weighted by Gasteiger charge is 2.25. The third kappa shape index (κ3) is 5.52. The number of carbonyl (C=O) groups excluding carboxylic acids is 2. The first kappa shape index (κ1) is 18.8. The van der Waals surface area contributed by atoms with Crippen LogP contribution in [0.4, 0.5) is 0 Å². The topological polar surface area (TPSA) is 46.6 Å². The largest absolute Gasteiger partial charge is 0.469 e. The average molecular weight is 352 g/mol. The maximum Gasteiger partial charge on any atom is 0.307 e. The number of carbonyl (C=O) groups is 2. The van der Waals surface area contributed by atoms with Gasteiger partial charge in [0.05, 0.1) is 13.5 Å². The second-order valence-corrected chi connectivity index (χ2v) is 6.77.